The van der Waals surface area contributed by atoms with E-state index >= 15 is 0 Å². The number of carbonyl (C=O) groups excluding carboxylic acids is 3. The molecule has 1 aromatic carbocycles. The van der Waals surface area contributed by atoms with Crippen molar-refractivity contribution in [3.63, 3.8) is 0 Å². The van der Waals surface area contributed by atoms with Gasteiger partial charge in [0.25, 0.3) is 5.91 Å². The van der Waals surface area contributed by atoms with E-state index in [2.05, 4.69) is 10.1 Å². The molecule has 1 amide bonds. The third-order valence-electron chi connectivity index (χ3n) is 2.93. The Kier molecular flexibility index (Phi) is 7.53. The molecule has 124 valence electrons. The van der Waals surface area contributed by atoms with Crippen LogP contribution in [0.5, 0.6) is 0 Å². The van der Waals surface area contributed by atoms with Crippen molar-refractivity contribution < 1.29 is 23.9 Å². The van der Waals surface area contributed by atoms with Gasteiger partial charge in [0.05, 0.1) is 6.61 Å². The molecular formula is C17H21NO5. The Morgan fingerprint density at radius 3 is 2.26 bits per heavy atom. The van der Waals surface area contributed by atoms with E-state index in [0.29, 0.717) is 5.69 Å². The van der Waals surface area contributed by atoms with Gasteiger partial charge in [-0.3, -0.25) is 4.79 Å². The van der Waals surface area contributed by atoms with Crippen molar-refractivity contribution in [1.29, 1.82) is 0 Å². The minimum absolute atomic E-state index is 0.216. The van der Waals surface area contributed by atoms with Gasteiger partial charge in [-0.05, 0) is 38.0 Å². The van der Waals surface area contributed by atoms with Crippen LogP contribution in [0.15, 0.2) is 36.4 Å². The Bertz CT molecular complexity index is 577. The van der Waals surface area contributed by atoms with Crippen LogP contribution in [0.3, 0.4) is 0 Å². The number of ether oxygens (including phenoxy) is 2. The predicted molar refractivity (Wildman–Crippen MR) is 85.8 cm³/mol. The van der Waals surface area contributed by atoms with E-state index in [0.717, 1.165) is 24.1 Å². The number of carbonyl (C=O) groups is 3. The number of hydrogen-bond donors (Lipinski definition) is 1. The summed E-state index contributed by atoms with van der Waals surface area (Å²) in [5, 5.41) is 2.65. The lowest BCUT2D eigenvalue weighted by Gasteiger charge is -2.12. The van der Waals surface area contributed by atoms with Gasteiger partial charge < -0.3 is 14.8 Å². The molecule has 0 aliphatic carbocycles. The summed E-state index contributed by atoms with van der Waals surface area (Å²) in [5.41, 5.74) is 1.78. The Morgan fingerprint density at radius 1 is 1.09 bits per heavy atom. The van der Waals surface area contributed by atoms with Crippen molar-refractivity contribution >= 4 is 23.5 Å². The third kappa shape index (κ3) is 6.78. The van der Waals surface area contributed by atoms with Crippen molar-refractivity contribution in [3.8, 4) is 0 Å². The van der Waals surface area contributed by atoms with Crippen molar-refractivity contribution in [3.05, 3.63) is 42.0 Å². The highest BCUT2D eigenvalue weighted by atomic mass is 16.5. The molecule has 6 nitrogen and oxygen atoms in total. The smallest absolute Gasteiger partial charge is 0.331 e. The van der Waals surface area contributed by atoms with Gasteiger partial charge in [0.2, 0.25) is 0 Å². The first-order valence-electron chi connectivity index (χ1n) is 7.41. The molecule has 23 heavy (non-hydrogen) atoms. The van der Waals surface area contributed by atoms with Crippen LogP contribution in [0.25, 0.3) is 0 Å². The highest BCUT2D eigenvalue weighted by molar-refractivity contribution is 5.97. The van der Waals surface area contributed by atoms with Crippen molar-refractivity contribution in [2.45, 2.75) is 33.3 Å². The summed E-state index contributed by atoms with van der Waals surface area (Å²) in [6.45, 7) is 5.36. The van der Waals surface area contributed by atoms with Crippen LogP contribution in [0.2, 0.25) is 0 Å². The SMILES string of the molecule is CCOC(=O)C=CC(=O)OC(C)C(=O)Nc1ccc(CC)cc1. The first-order chi connectivity index (χ1) is 11.0. The van der Waals surface area contributed by atoms with Crippen LogP contribution in [-0.4, -0.2) is 30.6 Å². The maximum Gasteiger partial charge on any atom is 0.331 e. The Balaban J connectivity index is 2.49. The maximum atomic E-state index is 11.9. The normalized spacial score (nSPS) is 11.8. The molecule has 1 rings (SSSR count). The van der Waals surface area contributed by atoms with E-state index in [-0.39, 0.29) is 6.61 Å². The number of aryl methyl sites for hydroxylation is 1. The van der Waals surface area contributed by atoms with Gasteiger partial charge in [-0.25, -0.2) is 9.59 Å². The number of amides is 1. The Labute approximate surface area is 135 Å². The molecule has 0 aromatic heterocycles. The zero-order valence-corrected chi connectivity index (χ0v) is 13.5. The molecular weight excluding hydrogens is 298 g/mol. The first-order valence-corrected chi connectivity index (χ1v) is 7.41. The number of hydrogen-bond acceptors (Lipinski definition) is 5. The summed E-state index contributed by atoms with van der Waals surface area (Å²) in [6, 6.07) is 7.39. The lowest BCUT2D eigenvalue weighted by atomic mass is 10.1. The van der Waals surface area contributed by atoms with E-state index < -0.39 is 23.9 Å². The van der Waals surface area contributed by atoms with Crippen LogP contribution in [0.1, 0.15) is 26.3 Å². The van der Waals surface area contributed by atoms with Crippen LogP contribution < -0.4 is 5.32 Å². The molecule has 0 radical (unpaired) electrons. The van der Waals surface area contributed by atoms with E-state index in [9.17, 15) is 14.4 Å². The van der Waals surface area contributed by atoms with Gasteiger partial charge in [0.1, 0.15) is 0 Å². The molecule has 0 aliphatic rings. The number of anilines is 1. The van der Waals surface area contributed by atoms with Gasteiger partial charge in [-0.15, -0.1) is 0 Å². The van der Waals surface area contributed by atoms with Crippen molar-refractivity contribution in [2.24, 2.45) is 0 Å². The zero-order valence-electron chi connectivity index (χ0n) is 13.5. The second-order valence-corrected chi connectivity index (χ2v) is 4.70. The molecule has 0 heterocycles. The average Bonchev–Trinajstić information content (AvgIpc) is 2.54. The van der Waals surface area contributed by atoms with Crippen molar-refractivity contribution in [1.82, 2.24) is 0 Å². The summed E-state index contributed by atoms with van der Waals surface area (Å²) >= 11 is 0. The lowest BCUT2D eigenvalue weighted by Crippen LogP contribution is -2.29. The summed E-state index contributed by atoms with van der Waals surface area (Å²) in [5.74, 6) is -1.88. The molecule has 1 N–H and O–H groups in total. The summed E-state index contributed by atoms with van der Waals surface area (Å²) in [7, 11) is 0. The van der Waals surface area contributed by atoms with Crippen molar-refractivity contribution in [2.75, 3.05) is 11.9 Å². The van der Waals surface area contributed by atoms with Gasteiger partial charge in [0, 0.05) is 17.8 Å². The lowest BCUT2D eigenvalue weighted by molar-refractivity contribution is -0.148. The molecule has 1 aromatic rings. The molecule has 0 saturated carbocycles. The number of benzene rings is 1. The molecule has 0 aliphatic heterocycles. The fraction of sp³-hybridized carbons (Fsp3) is 0.353. The van der Waals surface area contributed by atoms with Gasteiger partial charge in [0.15, 0.2) is 6.10 Å². The van der Waals surface area contributed by atoms with E-state index in [4.69, 9.17) is 4.74 Å². The largest absolute Gasteiger partial charge is 0.463 e. The summed E-state index contributed by atoms with van der Waals surface area (Å²) < 4.78 is 9.54. The summed E-state index contributed by atoms with van der Waals surface area (Å²) in [4.78, 5) is 34.5. The Morgan fingerprint density at radius 2 is 1.70 bits per heavy atom. The third-order valence-corrected chi connectivity index (χ3v) is 2.93. The topological polar surface area (TPSA) is 81.7 Å². The van der Waals surface area contributed by atoms with Gasteiger partial charge in [-0.2, -0.15) is 0 Å². The van der Waals surface area contributed by atoms with E-state index in [1.807, 2.05) is 19.1 Å². The zero-order chi connectivity index (χ0) is 17.2. The highest BCUT2D eigenvalue weighted by Gasteiger charge is 2.16. The molecule has 1 unspecified atom stereocenters. The van der Waals surface area contributed by atoms with Crippen LogP contribution in [0, 0.1) is 0 Å². The molecule has 0 saturated heterocycles. The minimum atomic E-state index is -0.986. The molecule has 0 bridgehead atoms. The maximum absolute atomic E-state index is 11.9. The average molecular weight is 319 g/mol. The highest BCUT2D eigenvalue weighted by Crippen LogP contribution is 2.10. The fourth-order valence-electron chi connectivity index (χ4n) is 1.66. The quantitative estimate of drug-likeness (QED) is 0.615. The van der Waals surface area contributed by atoms with E-state index in [1.165, 1.54) is 6.92 Å². The Hall–Kier alpha value is -2.63. The van der Waals surface area contributed by atoms with Crippen LogP contribution in [0.4, 0.5) is 5.69 Å². The second-order valence-electron chi connectivity index (χ2n) is 4.70. The number of nitrogens with one attached hydrogen (secondary N) is 1. The van der Waals surface area contributed by atoms with Crippen LogP contribution >= 0.6 is 0 Å². The molecule has 6 heteroatoms. The van der Waals surface area contributed by atoms with E-state index in [1.54, 1.807) is 19.1 Å². The second kappa shape index (κ2) is 9.40. The summed E-state index contributed by atoms with van der Waals surface area (Å²) in [6.07, 6.45) is 1.81. The predicted octanol–water partition coefficient (Wildman–Crippen LogP) is 2.24. The minimum Gasteiger partial charge on any atom is -0.463 e. The molecule has 1 atom stereocenters. The molecule has 0 spiro atoms. The van der Waals surface area contributed by atoms with Gasteiger partial charge in [-0.1, -0.05) is 19.1 Å². The van der Waals surface area contributed by atoms with Crippen LogP contribution in [-0.2, 0) is 30.3 Å². The van der Waals surface area contributed by atoms with Gasteiger partial charge >= 0.3 is 11.9 Å². The first kappa shape index (κ1) is 18.4. The monoisotopic (exact) mass is 319 g/mol. The standard InChI is InChI=1S/C17H21NO5/c1-4-13-6-8-14(9-7-13)18-17(21)12(3)23-16(20)11-10-15(19)22-5-2/h6-12H,4-5H2,1-3H3,(H,18,21). The number of esters is 2. The number of rotatable bonds is 7. The fourth-order valence-corrected chi connectivity index (χ4v) is 1.66. The molecule has 0 fully saturated rings.